The van der Waals surface area contributed by atoms with Crippen LogP contribution in [-0.2, 0) is 17.0 Å². The monoisotopic (exact) mass is 415 g/mol. The molecule has 8 nitrogen and oxygen atoms in total. The van der Waals surface area contributed by atoms with Crippen molar-refractivity contribution in [1.29, 1.82) is 0 Å². The highest BCUT2D eigenvalue weighted by molar-refractivity contribution is 7.98. The van der Waals surface area contributed by atoms with Crippen molar-refractivity contribution >= 4 is 40.5 Å². The molecule has 4 aromatic rings. The standard InChI is InChI=1S/C18H14ClN5O3S/c1-26-18(25)14-7-6-13(27-14)9-28-17-15-16(20-10-21-17)24(23-22-15)8-11-2-4-12(19)5-3-11/h2-7,10H,8-9H2,1H3. The Kier molecular flexibility index (Phi) is 5.27. The molecule has 0 atom stereocenters. The normalized spacial score (nSPS) is 11.1. The molecule has 4 rings (SSSR count). The SMILES string of the molecule is COC(=O)c1ccc(CSc2ncnc3c2nnn3Cc2ccc(Cl)cc2)o1. The predicted molar refractivity (Wildman–Crippen MR) is 103 cm³/mol. The molecule has 0 spiro atoms. The molecule has 0 radical (unpaired) electrons. The van der Waals surface area contributed by atoms with E-state index < -0.39 is 5.97 Å². The van der Waals surface area contributed by atoms with Gasteiger partial charge in [0.1, 0.15) is 17.1 Å². The van der Waals surface area contributed by atoms with Crippen LogP contribution in [0.1, 0.15) is 21.9 Å². The first-order chi connectivity index (χ1) is 13.6. The van der Waals surface area contributed by atoms with Gasteiger partial charge in [0.15, 0.2) is 11.2 Å². The molecule has 1 aromatic carbocycles. The number of esters is 1. The molecule has 0 unspecified atom stereocenters. The molecule has 142 valence electrons. The Morgan fingerprint density at radius 2 is 2.04 bits per heavy atom. The van der Waals surface area contributed by atoms with Crippen LogP contribution in [0.25, 0.3) is 11.2 Å². The number of hydrogen-bond donors (Lipinski definition) is 0. The van der Waals surface area contributed by atoms with Crippen molar-refractivity contribution in [3.05, 3.63) is 64.8 Å². The molecule has 0 N–H and O–H groups in total. The quantitative estimate of drug-likeness (QED) is 0.268. The highest BCUT2D eigenvalue weighted by atomic mass is 35.5. The largest absolute Gasteiger partial charge is 0.463 e. The van der Waals surface area contributed by atoms with Crippen molar-refractivity contribution in [2.24, 2.45) is 0 Å². The van der Waals surface area contributed by atoms with Crippen molar-refractivity contribution in [3.8, 4) is 0 Å². The Hall–Kier alpha value is -2.91. The van der Waals surface area contributed by atoms with Crippen LogP contribution >= 0.6 is 23.4 Å². The Morgan fingerprint density at radius 1 is 1.21 bits per heavy atom. The minimum atomic E-state index is -0.509. The van der Waals surface area contributed by atoms with Crippen LogP contribution in [0.4, 0.5) is 0 Å². The number of ether oxygens (including phenoxy) is 1. The fourth-order valence-corrected chi connectivity index (χ4v) is 3.50. The highest BCUT2D eigenvalue weighted by Crippen LogP contribution is 2.27. The van der Waals surface area contributed by atoms with Gasteiger partial charge in [0.2, 0.25) is 5.76 Å². The van der Waals surface area contributed by atoms with Gasteiger partial charge in [0.25, 0.3) is 0 Å². The Labute approximate surface area is 168 Å². The molecule has 3 aromatic heterocycles. The van der Waals surface area contributed by atoms with E-state index in [0.717, 1.165) is 5.56 Å². The second-order valence-corrected chi connectivity index (χ2v) is 7.17. The zero-order valence-electron chi connectivity index (χ0n) is 14.7. The van der Waals surface area contributed by atoms with Crippen molar-refractivity contribution in [1.82, 2.24) is 25.0 Å². The number of rotatable bonds is 6. The fraction of sp³-hybridized carbons (Fsp3) is 0.167. The van der Waals surface area contributed by atoms with Crippen LogP contribution in [0.3, 0.4) is 0 Å². The third-order valence-electron chi connectivity index (χ3n) is 3.91. The molecular weight excluding hydrogens is 402 g/mol. The smallest absolute Gasteiger partial charge is 0.373 e. The zero-order chi connectivity index (χ0) is 19.5. The maximum Gasteiger partial charge on any atom is 0.373 e. The number of benzene rings is 1. The summed E-state index contributed by atoms with van der Waals surface area (Å²) in [5.74, 6) is 0.768. The Balaban J connectivity index is 1.52. The summed E-state index contributed by atoms with van der Waals surface area (Å²) < 4.78 is 11.8. The Bertz CT molecular complexity index is 1130. The van der Waals surface area contributed by atoms with E-state index in [1.165, 1.54) is 25.2 Å². The van der Waals surface area contributed by atoms with Crippen LogP contribution in [0.2, 0.25) is 5.02 Å². The summed E-state index contributed by atoms with van der Waals surface area (Å²) in [6.45, 7) is 0.523. The summed E-state index contributed by atoms with van der Waals surface area (Å²) in [6, 6.07) is 10.8. The molecule has 0 bridgehead atoms. The molecule has 0 aliphatic rings. The van der Waals surface area contributed by atoms with Crippen LogP contribution < -0.4 is 0 Å². The number of aromatic nitrogens is 5. The van der Waals surface area contributed by atoms with E-state index in [1.54, 1.807) is 16.8 Å². The number of thioether (sulfide) groups is 1. The van der Waals surface area contributed by atoms with Gasteiger partial charge in [-0.05, 0) is 29.8 Å². The number of hydrogen-bond acceptors (Lipinski definition) is 8. The first-order valence-electron chi connectivity index (χ1n) is 8.22. The topological polar surface area (TPSA) is 95.9 Å². The second kappa shape index (κ2) is 7.99. The number of methoxy groups -OCH3 is 1. The van der Waals surface area contributed by atoms with E-state index in [1.807, 2.05) is 24.3 Å². The lowest BCUT2D eigenvalue weighted by Crippen LogP contribution is -2.03. The van der Waals surface area contributed by atoms with Crippen LogP contribution in [-0.4, -0.2) is 38.0 Å². The second-order valence-electron chi connectivity index (χ2n) is 5.77. The average molecular weight is 416 g/mol. The lowest BCUT2D eigenvalue weighted by atomic mass is 10.2. The van der Waals surface area contributed by atoms with Crippen molar-refractivity contribution in [2.45, 2.75) is 17.3 Å². The van der Waals surface area contributed by atoms with Crippen LogP contribution in [0.5, 0.6) is 0 Å². The van der Waals surface area contributed by atoms with Crippen molar-refractivity contribution < 1.29 is 13.9 Å². The summed E-state index contributed by atoms with van der Waals surface area (Å²) in [7, 11) is 1.31. The van der Waals surface area contributed by atoms with Gasteiger partial charge in [-0.3, -0.25) is 0 Å². The van der Waals surface area contributed by atoms with E-state index in [-0.39, 0.29) is 5.76 Å². The summed E-state index contributed by atoms with van der Waals surface area (Å²) in [4.78, 5) is 20.1. The molecule has 10 heteroatoms. The zero-order valence-corrected chi connectivity index (χ0v) is 16.3. The number of furan rings is 1. The van der Waals surface area contributed by atoms with Crippen molar-refractivity contribution in [3.63, 3.8) is 0 Å². The lowest BCUT2D eigenvalue weighted by molar-refractivity contribution is 0.0563. The summed E-state index contributed by atoms with van der Waals surface area (Å²) in [5.41, 5.74) is 2.29. The maximum absolute atomic E-state index is 11.5. The van der Waals surface area contributed by atoms with Gasteiger partial charge in [-0.2, -0.15) is 0 Å². The molecule has 3 heterocycles. The van der Waals surface area contributed by atoms with Gasteiger partial charge in [0, 0.05) is 5.02 Å². The van der Waals surface area contributed by atoms with E-state index >= 15 is 0 Å². The lowest BCUT2D eigenvalue weighted by Gasteiger charge is -2.03. The first-order valence-corrected chi connectivity index (χ1v) is 9.59. The molecule has 0 amide bonds. The average Bonchev–Trinajstić information content (AvgIpc) is 3.35. The molecule has 28 heavy (non-hydrogen) atoms. The van der Waals surface area contributed by atoms with Gasteiger partial charge in [-0.1, -0.05) is 40.7 Å². The molecule has 0 aliphatic heterocycles. The minimum absolute atomic E-state index is 0.167. The highest BCUT2D eigenvalue weighted by Gasteiger charge is 2.15. The van der Waals surface area contributed by atoms with E-state index in [9.17, 15) is 4.79 Å². The van der Waals surface area contributed by atoms with Gasteiger partial charge < -0.3 is 9.15 Å². The minimum Gasteiger partial charge on any atom is -0.463 e. The third-order valence-corrected chi connectivity index (χ3v) is 5.16. The number of carbonyl (C=O) groups is 1. The van der Waals surface area contributed by atoms with Gasteiger partial charge in [0.05, 0.1) is 19.4 Å². The van der Waals surface area contributed by atoms with Gasteiger partial charge in [-0.25, -0.2) is 19.4 Å². The van der Waals surface area contributed by atoms with Crippen LogP contribution in [0.15, 0.2) is 52.2 Å². The summed E-state index contributed by atoms with van der Waals surface area (Å²) >= 11 is 7.36. The maximum atomic E-state index is 11.5. The number of halogens is 1. The molecular formula is C18H14ClN5O3S. The Morgan fingerprint density at radius 3 is 2.82 bits per heavy atom. The van der Waals surface area contributed by atoms with Gasteiger partial charge in [-0.15, -0.1) is 5.10 Å². The predicted octanol–water partition coefficient (Wildman–Crippen LogP) is 3.59. The number of carbonyl (C=O) groups excluding carboxylic acids is 1. The van der Waals surface area contributed by atoms with E-state index in [0.29, 0.717) is 39.3 Å². The summed E-state index contributed by atoms with van der Waals surface area (Å²) in [6.07, 6.45) is 1.48. The molecule has 0 aliphatic carbocycles. The third kappa shape index (κ3) is 3.85. The molecule has 0 saturated carbocycles. The summed E-state index contributed by atoms with van der Waals surface area (Å²) in [5, 5.41) is 9.79. The first kappa shape index (κ1) is 18.5. The van der Waals surface area contributed by atoms with Crippen molar-refractivity contribution in [2.75, 3.05) is 7.11 Å². The number of fused-ring (bicyclic) bond motifs is 1. The van der Waals surface area contributed by atoms with E-state index in [4.69, 9.17) is 16.0 Å². The van der Waals surface area contributed by atoms with Crippen LogP contribution in [0, 0.1) is 0 Å². The number of nitrogens with zero attached hydrogens (tertiary/aromatic N) is 5. The fourth-order valence-electron chi connectivity index (χ4n) is 2.55. The van der Waals surface area contributed by atoms with Gasteiger partial charge >= 0.3 is 5.97 Å². The molecule has 0 fully saturated rings. The van der Waals surface area contributed by atoms with E-state index in [2.05, 4.69) is 25.0 Å². The molecule has 0 saturated heterocycles.